The van der Waals surface area contributed by atoms with Gasteiger partial charge in [-0.05, 0) is 42.8 Å². The molecule has 0 saturated carbocycles. The number of nitrogens with zero attached hydrogens (tertiary/aromatic N) is 2. The Balaban J connectivity index is 0.00000210. The number of hydrogen-bond acceptors (Lipinski definition) is 5. The Morgan fingerprint density at radius 2 is 1.70 bits per heavy atom. The van der Waals surface area contributed by atoms with Gasteiger partial charge in [-0.2, -0.15) is 0 Å². The van der Waals surface area contributed by atoms with Gasteiger partial charge in [-0.25, -0.2) is 8.42 Å². The molecular weight excluding hydrogens is 382 g/mol. The molecule has 1 aliphatic heterocycles. The van der Waals surface area contributed by atoms with E-state index in [4.69, 9.17) is 0 Å². The van der Waals surface area contributed by atoms with Gasteiger partial charge in [0.05, 0.1) is 21.0 Å². The van der Waals surface area contributed by atoms with Crippen LogP contribution in [0.1, 0.15) is 5.56 Å². The van der Waals surface area contributed by atoms with Crippen LogP contribution in [-0.2, 0) is 9.84 Å². The molecule has 142 valence electrons. The molecule has 7 heteroatoms. The standard InChI is InChI=1S/C20H21N3O2S.ClH/c1-15-11-16-13-18(26(24,25)17-5-3-2-4-6-17)14-22-20(16)19(12-15)23-9-7-21-8-10-23;/h2-6,11-14,21H,7-10H2,1H3;1H. The Morgan fingerprint density at radius 3 is 2.41 bits per heavy atom. The van der Waals surface area contributed by atoms with Crippen molar-refractivity contribution in [2.45, 2.75) is 16.7 Å². The van der Waals surface area contributed by atoms with E-state index in [9.17, 15) is 8.42 Å². The summed E-state index contributed by atoms with van der Waals surface area (Å²) in [4.78, 5) is 7.38. The lowest BCUT2D eigenvalue weighted by Crippen LogP contribution is -2.43. The maximum atomic E-state index is 12.9. The third-order valence-electron chi connectivity index (χ3n) is 4.70. The van der Waals surface area contributed by atoms with Gasteiger partial charge in [0.2, 0.25) is 9.84 Å². The average Bonchev–Trinajstić information content (AvgIpc) is 2.68. The average molecular weight is 404 g/mol. The van der Waals surface area contributed by atoms with Crippen LogP contribution in [0.2, 0.25) is 0 Å². The fourth-order valence-electron chi connectivity index (χ4n) is 3.39. The molecule has 2 heterocycles. The molecule has 0 aliphatic carbocycles. The summed E-state index contributed by atoms with van der Waals surface area (Å²) in [7, 11) is -3.57. The number of anilines is 1. The Morgan fingerprint density at radius 1 is 1.00 bits per heavy atom. The van der Waals surface area contributed by atoms with Crippen LogP contribution >= 0.6 is 12.4 Å². The number of pyridine rings is 1. The second-order valence-electron chi connectivity index (χ2n) is 6.58. The van der Waals surface area contributed by atoms with Gasteiger partial charge in [0.1, 0.15) is 0 Å². The molecule has 0 bridgehead atoms. The van der Waals surface area contributed by atoms with Crippen LogP contribution in [0.15, 0.2) is 64.5 Å². The Hall–Kier alpha value is -2.15. The number of sulfone groups is 1. The van der Waals surface area contributed by atoms with Crippen LogP contribution in [0.4, 0.5) is 5.69 Å². The SMILES string of the molecule is Cc1cc(N2CCNCC2)c2ncc(S(=O)(=O)c3ccccc3)cc2c1.Cl. The Bertz CT molecular complexity index is 1050. The molecule has 27 heavy (non-hydrogen) atoms. The monoisotopic (exact) mass is 403 g/mol. The van der Waals surface area contributed by atoms with E-state index in [1.165, 1.54) is 6.20 Å². The van der Waals surface area contributed by atoms with E-state index in [1.54, 1.807) is 36.4 Å². The quantitative estimate of drug-likeness (QED) is 0.727. The van der Waals surface area contributed by atoms with Gasteiger partial charge in [0, 0.05) is 37.8 Å². The van der Waals surface area contributed by atoms with Gasteiger partial charge in [-0.15, -0.1) is 12.4 Å². The lowest BCUT2D eigenvalue weighted by molar-refractivity contribution is 0.590. The molecule has 1 fully saturated rings. The topological polar surface area (TPSA) is 62.3 Å². The number of fused-ring (bicyclic) bond motifs is 1. The van der Waals surface area contributed by atoms with Crippen LogP contribution in [0.3, 0.4) is 0 Å². The predicted molar refractivity (Wildman–Crippen MR) is 111 cm³/mol. The van der Waals surface area contributed by atoms with Crippen LogP contribution in [0.5, 0.6) is 0 Å². The van der Waals surface area contributed by atoms with Crippen molar-refractivity contribution < 1.29 is 8.42 Å². The Kier molecular flexibility index (Phi) is 5.69. The minimum atomic E-state index is -3.57. The molecule has 5 nitrogen and oxygen atoms in total. The van der Waals surface area contributed by atoms with Gasteiger partial charge >= 0.3 is 0 Å². The molecule has 0 spiro atoms. The molecular formula is C20H22ClN3O2S. The third-order valence-corrected chi connectivity index (χ3v) is 6.44. The highest BCUT2D eigenvalue weighted by Crippen LogP contribution is 2.30. The van der Waals surface area contributed by atoms with E-state index in [-0.39, 0.29) is 22.2 Å². The van der Waals surface area contributed by atoms with Crippen molar-refractivity contribution in [3.63, 3.8) is 0 Å². The fourth-order valence-corrected chi connectivity index (χ4v) is 4.65. The molecule has 4 rings (SSSR count). The van der Waals surface area contributed by atoms with E-state index >= 15 is 0 Å². The van der Waals surface area contributed by atoms with E-state index in [0.717, 1.165) is 48.3 Å². The third kappa shape index (κ3) is 3.78. The molecule has 1 N–H and O–H groups in total. The molecule has 0 atom stereocenters. The molecule has 0 radical (unpaired) electrons. The van der Waals surface area contributed by atoms with Crippen molar-refractivity contribution in [3.8, 4) is 0 Å². The summed E-state index contributed by atoms with van der Waals surface area (Å²) in [5.41, 5.74) is 3.02. The molecule has 2 aromatic carbocycles. The maximum Gasteiger partial charge on any atom is 0.208 e. The highest BCUT2D eigenvalue weighted by molar-refractivity contribution is 7.91. The van der Waals surface area contributed by atoms with Crippen molar-refractivity contribution >= 4 is 38.8 Å². The molecule has 1 aliphatic rings. The lowest BCUT2D eigenvalue weighted by Gasteiger charge is -2.30. The number of rotatable bonds is 3. The number of halogens is 1. The molecule has 1 saturated heterocycles. The van der Waals surface area contributed by atoms with E-state index in [0.29, 0.717) is 0 Å². The summed E-state index contributed by atoms with van der Waals surface area (Å²) in [6.07, 6.45) is 1.48. The highest BCUT2D eigenvalue weighted by atomic mass is 35.5. The van der Waals surface area contributed by atoms with Crippen molar-refractivity contribution in [2.75, 3.05) is 31.1 Å². The summed E-state index contributed by atoms with van der Waals surface area (Å²) in [6.45, 7) is 5.75. The first-order chi connectivity index (χ1) is 12.6. The minimum absolute atomic E-state index is 0. The van der Waals surface area contributed by atoms with Gasteiger partial charge in [-0.1, -0.05) is 18.2 Å². The smallest absolute Gasteiger partial charge is 0.208 e. The molecule has 1 aromatic heterocycles. The van der Waals surface area contributed by atoms with Gasteiger partial charge in [-0.3, -0.25) is 4.98 Å². The van der Waals surface area contributed by atoms with Crippen molar-refractivity contribution in [1.82, 2.24) is 10.3 Å². The largest absolute Gasteiger partial charge is 0.367 e. The van der Waals surface area contributed by atoms with Crippen molar-refractivity contribution in [1.29, 1.82) is 0 Å². The first-order valence-electron chi connectivity index (χ1n) is 8.72. The summed E-state index contributed by atoms with van der Waals surface area (Å²) < 4.78 is 25.8. The zero-order valence-electron chi connectivity index (χ0n) is 15.1. The molecule has 0 unspecified atom stereocenters. The number of aryl methyl sites for hydroxylation is 1. The normalized spacial score (nSPS) is 14.8. The van der Waals surface area contributed by atoms with Crippen molar-refractivity contribution in [3.05, 3.63) is 60.3 Å². The van der Waals surface area contributed by atoms with Crippen LogP contribution < -0.4 is 10.2 Å². The summed E-state index contributed by atoms with van der Waals surface area (Å²) in [6, 6.07) is 14.4. The van der Waals surface area contributed by atoms with Gasteiger partial charge in [0.25, 0.3) is 0 Å². The first-order valence-corrected chi connectivity index (χ1v) is 10.2. The number of hydrogen-bond donors (Lipinski definition) is 1. The number of aromatic nitrogens is 1. The first kappa shape index (κ1) is 19.6. The minimum Gasteiger partial charge on any atom is -0.367 e. The summed E-state index contributed by atoms with van der Waals surface area (Å²) in [5.74, 6) is 0. The van der Waals surface area contributed by atoms with Gasteiger partial charge < -0.3 is 10.2 Å². The lowest BCUT2D eigenvalue weighted by atomic mass is 10.1. The predicted octanol–water partition coefficient (Wildman–Crippen LogP) is 3.21. The van der Waals surface area contributed by atoms with Gasteiger partial charge in [0.15, 0.2) is 0 Å². The van der Waals surface area contributed by atoms with Crippen LogP contribution in [0.25, 0.3) is 10.9 Å². The van der Waals surface area contributed by atoms with E-state index < -0.39 is 9.84 Å². The zero-order chi connectivity index (χ0) is 18.1. The van der Waals surface area contributed by atoms with Crippen molar-refractivity contribution in [2.24, 2.45) is 0 Å². The number of nitrogens with one attached hydrogen (secondary N) is 1. The summed E-state index contributed by atoms with van der Waals surface area (Å²) in [5, 5.41) is 4.21. The molecule has 3 aromatic rings. The fraction of sp³-hybridized carbons (Fsp3) is 0.250. The summed E-state index contributed by atoms with van der Waals surface area (Å²) >= 11 is 0. The second-order valence-corrected chi connectivity index (χ2v) is 8.53. The van der Waals surface area contributed by atoms with Crippen LogP contribution in [-0.4, -0.2) is 39.6 Å². The van der Waals surface area contributed by atoms with E-state index in [1.807, 2.05) is 13.0 Å². The second kappa shape index (κ2) is 7.84. The number of benzene rings is 2. The van der Waals surface area contributed by atoms with Crippen LogP contribution in [0, 0.1) is 6.92 Å². The molecule has 0 amide bonds. The van der Waals surface area contributed by atoms with E-state index in [2.05, 4.69) is 21.3 Å². The number of piperazine rings is 1. The maximum absolute atomic E-state index is 12.9. The highest BCUT2D eigenvalue weighted by Gasteiger charge is 2.20. The Labute approximate surface area is 165 Å². The zero-order valence-corrected chi connectivity index (χ0v) is 16.7.